The van der Waals surface area contributed by atoms with Crippen molar-refractivity contribution in [2.45, 2.75) is 14.7 Å². The summed E-state index contributed by atoms with van der Waals surface area (Å²) < 4.78 is 0. The highest BCUT2D eigenvalue weighted by Gasteiger charge is 2.40. The summed E-state index contributed by atoms with van der Waals surface area (Å²) in [5, 5.41) is 0. The molecule has 0 unspecified atom stereocenters. The summed E-state index contributed by atoms with van der Waals surface area (Å²) in [4.78, 5) is 3.89. The molecule has 0 aliphatic rings. The summed E-state index contributed by atoms with van der Waals surface area (Å²) >= 11 is 0. The molecule has 9 rings (SSSR count). The van der Waals surface area contributed by atoms with E-state index >= 15 is 0 Å². The van der Waals surface area contributed by atoms with Gasteiger partial charge < -0.3 is 0 Å². The fraction of sp³-hybridized carbons (Fsp3) is 0. The highest BCUT2D eigenvalue weighted by Crippen LogP contribution is 2.51. The molecule has 0 aromatic heterocycles. The van der Waals surface area contributed by atoms with Crippen LogP contribution in [0, 0.1) is 0 Å². The molecule has 0 bridgehead atoms. The lowest BCUT2D eigenvalue weighted by atomic mass is 9.93. The average Bonchev–Trinajstić information content (AvgIpc) is 3.28. The zero-order valence-corrected chi connectivity index (χ0v) is 31.2. The third kappa shape index (κ3) is 7.06. The van der Waals surface area contributed by atoms with Gasteiger partial charge in [-0.05, 0) is 80.9 Å². The van der Waals surface area contributed by atoms with Gasteiger partial charge in [0, 0.05) is 22.3 Å². The number of rotatable bonds is 9. The molecule has 0 fully saturated rings. The van der Waals surface area contributed by atoms with Crippen LogP contribution in [0.4, 0.5) is 0 Å². The van der Waals surface area contributed by atoms with Crippen molar-refractivity contribution in [3.05, 3.63) is 237 Å². The fourth-order valence-corrected chi connectivity index (χ4v) is 10.2. The van der Waals surface area contributed by atoms with Gasteiger partial charge in [0.25, 0.3) is 0 Å². The van der Waals surface area contributed by atoms with E-state index in [4.69, 9.17) is 0 Å². The Morgan fingerprint density at radius 1 is 0.200 bits per heavy atom. The predicted molar refractivity (Wildman–Crippen MR) is 234 cm³/mol. The van der Waals surface area contributed by atoms with Crippen LogP contribution in [0.25, 0.3) is 66.8 Å². The van der Waals surface area contributed by atoms with Gasteiger partial charge in [0.2, 0.25) is 0 Å². The maximum Gasteiger partial charge on any atom is 0.182 e. The Labute approximate surface area is 327 Å². The Bertz CT molecular complexity index is 2350. The molecular formula is C54H39S+. The molecule has 9 aromatic rings. The van der Waals surface area contributed by atoms with Crippen molar-refractivity contribution in [2.75, 3.05) is 0 Å². The van der Waals surface area contributed by atoms with E-state index in [1.807, 2.05) is 0 Å². The van der Waals surface area contributed by atoms with Gasteiger partial charge in [0.1, 0.15) is 10.9 Å². The highest BCUT2D eigenvalue weighted by atomic mass is 32.2. The van der Waals surface area contributed by atoms with Gasteiger partial charge in [-0.15, -0.1) is 0 Å². The molecule has 0 N–H and O–H groups in total. The minimum atomic E-state index is -0.592. The van der Waals surface area contributed by atoms with Crippen LogP contribution in [0.3, 0.4) is 0 Å². The van der Waals surface area contributed by atoms with E-state index < -0.39 is 10.9 Å². The van der Waals surface area contributed by atoms with Crippen molar-refractivity contribution in [1.29, 1.82) is 0 Å². The lowest BCUT2D eigenvalue weighted by molar-refractivity contribution is 1.31. The molecule has 0 nitrogen and oxygen atoms in total. The smallest absolute Gasteiger partial charge is 0.0622 e. The second kappa shape index (κ2) is 15.7. The van der Waals surface area contributed by atoms with Crippen molar-refractivity contribution in [1.82, 2.24) is 0 Å². The van der Waals surface area contributed by atoms with E-state index in [0.29, 0.717) is 0 Å². The molecule has 260 valence electrons. The van der Waals surface area contributed by atoms with E-state index in [2.05, 4.69) is 237 Å². The summed E-state index contributed by atoms with van der Waals surface area (Å²) in [6.07, 6.45) is 0. The van der Waals surface area contributed by atoms with E-state index in [1.54, 1.807) is 0 Å². The van der Waals surface area contributed by atoms with Crippen molar-refractivity contribution < 1.29 is 0 Å². The molecule has 9 aromatic carbocycles. The van der Waals surface area contributed by atoms with E-state index in [9.17, 15) is 0 Å². The second-order valence-electron chi connectivity index (χ2n) is 13.6. The summed E-state index contributed by atoms with van der Waals surface area (Å²) in [5.41, 5.74) is 14.5. The Balaban J connectivity index is 1.47. The molecule has 0 spiro atoms. The van der Waals surface area contributed by atoms with Gasteiger partial charge in [0.15, 0.2) is 14.7 Å². The van der Waals surface area contributed by atoms with Crippen LogP contribution in [-0.4, -0.2) is 0 Å². The first-order chi connectivity index (χ1) is 27.3. The summed E-state index contributed by atoms with van der Waals surface area (Å²) in [5.74, 6) is 0. The van der Waals surface area contributed by atoms with Crippen molar-refractivity contribution in [3.63, 3.8) is 0 Å². The largest absolute Gasteiger partial charge is 0.182 e. The van der Waals surface area contributed by atoms with E-state index in [-0.39, 0.29) is 0 Å². The summed E-state index contributed by atoms with van der Waals surface area (Å²) in [6, 6.07) is 86.4. The minimum absolute atomic E-state index is 0.592. The maximum atomic E-state index is 2.43. The molecule has 1 heteroatoms. The minimum Gasteiger partial charge on any atom is -0.0622 e. The lowest BCUT2D eigenvalue weighted by Crippen LogP contribution is -2.12. The molecule has 0 aliphatic carbocycles. The van der Waals surface area contributed by atoms with Gasteiger partial charge in [-0.1, -0.05) is 200 Å². The Morgan fingerprint density at radius 2 is 0.418 bits per heavy atom. The first-order valence-electron chi connectivity index (χ1n) is 18.8. The van der Waals surface area contributed by atoms with Crippen molar-refractivity contribution >= 4 is 10.9 Å². The number of hydrogen-bond acceptors (Lipinski definition) is 0. The molecule has 0 aliphatic heterocycles. The van der Waals surface area contributed by atoms with E-state index in [0.717, 1.165) is 0 Å². The zero-order valence-electron chi connectivity index (χ0n) is 30.4. The highest BCUT2D eigenvalue weighted by molar-refractivity contribution is 7.97. The Morgan fingerprint density at radius 3 is 0.673 bits per heavy atom. The summed E-state index contributed by atoms with van der Waals surface area (Å²) in [7, 11) is -0.592. The molecule has 0 saturated carbocycles. The standard InChI is InChI=1S/C54H39S/c1-8-22-40(23-9-1)46-36-49(42-26-12-3-13-27-42)53(50(37-46)43-28-14-4-15-29-43)55(48-34-20-7-21-35-48)54-51(44-30-16-5-17-31-44)38-47(41-24-10-2-11-25-41)39-52(54)45-32-18-6-19-33-45/h1-39H/q+1. The maximum absolute atomic E-state index is 2.43. The molecular weight excluding hydrogens is 681 g/mol. The van der Waals surface area contributed by atoms with Gasteiger partial charge in [-0.25, -0.2) is 0 Å². The number of hydrogen-bond donors (Lipinski definition) is 0. The van der Waals surface area contributed by atoms with Crippen LogP contribution in [0.15, 0.2) is 251 Å². The Kier molecular flexibility index (Phi) is 9.77. The van der Waals surface area contributed by atoms with Crippen LogP contribution in [0.5, 0.6) is 0 Å². The van der Waals surface area contributed by atoms with Crippen molar-refractivity contribution in [2.24, 2.45) is 0 Å². The molecule has 0 atom stereocenters. The quantitative estimate of drug-likeness (QED) is 0.130. The van der Waals surface area contributed by atoms with Crippen LogP contribution < -0.4 is 0 Å². The monoisotopic (exact) mass is 719 g/mol. The number of benzene rings is 9. The van der Waals surface area contributed by atoms with Gasteiger partial charge in [-0.2, -0.15) is 0 Å². The topological polar surface area (TPSA) is 0 Å². The molecule has 0 amide bonds. The van der Waals surface area contributed by atoms with Crippen LogP contribution in [0.2, 0.25) is 0 Å². The van der Waals surface area contributed by atoms with Crippen LogP contribution >= 0.6 is 0 Å². The van der Waals surface area contributed by atoms with Crippen LogP contribution in [0.1, 0.15) is 0 Å². The SMILES string of the molecule is c1ccc(-c2cc(-c3ccccc3)c([S+](c3ccccc3)c3c(-c4ccccc4)cc(-c4ccccc4)cc3-c3ccccc3)c(-c3ccccc3)c2)cc1. The normalized spacial score (nSPS) is 11.1. The van der Waals surface area contributed by atoms with E-state index in [1.165, 1.54) is 81.4 Å². The van der Waals surface area contributed by atoms with Crippen LogP contribution in [-0.2, 0) is 10.9 Å². The summed E-state index contributed by atoms with van der Waals surface area (Å²) in [6.45, 7) is 0. The fourth-order valence-electron chi connectivity index (χ4n) is 7.51. The molecule has 55 heavy (non-hydrogen) atoms. The Hall–Kier alpha value is -6.67. The molecule has 0 saturated heterocycles. The third-order valence-corrected chi connectivity index (χ3v) is 12.6. The van der Waals surface area contributed by atoms with Gasteiger partial charge in [-0.3, -0.25) is 0 Å². The zero-order chi connectivity index (χ0) is 36.8. The second-order valence-corrected chi connectivity index (χ2v) is 15.5. The first kappa shape index (κ1) is 34.1. The lowest BCUT2D eigenvalue weighted by Gasteiger charge is -2.23. The third-order valence-electron chi connectivity index (χ3n) is 10.1. The molecule has 0 radical (unpaired) electrons. The van der Waals surface area contributed by atoms with Gasteiger partial charge >= 0.3 is 0 Å². The van der Waals surface area contributed by atoms with Gasteiger partial charge in [0.05, 0.1) is 0 Å². The molecule has 0 heterocycles. The average molecular weight is 720 g/mol. The first-order valence-corrected chi connectivity index (χ1v) is 20.0. The predicted octanol–water partition coefficient (Wildman–Crippen LogP) is 14.8. The van der Waals surface area contributed by atoms with Crippen molar-refractivity contribution in [3.8, 4) is 66.8 Å².